The molecule has 0 bridgehead atoms. The Hall–Kier alpha value is -3.91. The molecular formula is C30H30N4O3S. The molecule has 2 aliphatic rings. The van der Waals surface area contributed by atoms with Crippen molar-refractivity contribution in [2.45, 2.75) is 54.3 Å². The monoisotopic (exact) mass is 526 g/mol. The number of rotatable bonds is 9. The van der Waals surface area contributed by atoms with E-state index in [-0.39, 0.29) is 17.7 Å². The average molecular weight is 527 g/mol. The molecule has 0 aliphatic heterocycles. The number of nitrogens with zero attached hydrogens (tertiary/aromatic N) is 1. The van der Waals surface area contributed by atoms with Crippen LogP contribution in [0.3, 0.4) is 0 Å². The molecule has 38 heavy (non-hydrogen) atoms. The molecule has 7 nitrogen and oxygen atoms in total. The number of pyridine rings is 1. The Balaban J connectivity index is 1.29. The largest absolute Gasteiger partial charge is 0.383 e. The molecule has 3 aromatic carbocycles. The van der Waals surface area contributed by atoms with Crippen molar-refractivity contribution in [3.63, 3.8) is 0 Å². The quantitative estimate of drug-likeness (QED) is 0.280. The standard InChI is InChI=1S/C30H30N4O3S/c31-29-26-13-10-24(17-21(26)14-15-32-29)34-28(22-6-3-5-20(16-22)19-8-9-19)30(35)33-18-23-4-1-2-7-27(23)38(36,37)25-11-12-25/h1-7,10,13-17,19,25,28,34H,8-9,11-12,18H2,(H2,31,32)(H,33,35). The molecule has 2 saturated carbocycles. The maximum absolute atomic E-state index is 13.7. The van der Waals surface area contributed by atoms with Crippen LogP contribution in [0.4, 0.5) is 11.5 Å². The van der Waals surface area contributed by atoms with E-state index in [0.29, 0.717) is 35.0 Å². The second-order valence-corrected chi connectivity index (χ2v) is 12.4. The van der Waals surface area contributed by atoms with Crippen molar-refractivity contribution in [3.8, 4) is 0 Å². The summed E-state index contributed by atoms with van der Waals surface area (Å²) in [4.78, 5) is 18.1. The fourth-order valence-corrected chi connectivity index (χ4v) is 6.83. The number of anilines is 2. The van der Waals surface area contributed by atoms with Gasteiger partial charge in [0.2, 0.25) is 5.91 Å². The van der Waals surface area contributed by atoms with Crippen LogP contribution in [0.1, 0.15) is 54.3 Å². The molecule has 4 aromatic rings. The zero-order chi connectivity index (χ0) is 26.3. The van der Waals surface area contributed by atoms with Crippen LogP contribution < -0.4 is 16.4 Å². The second-order valence-electron chi connectivity index (χ2n) is 10.2. The van der Waals surface area contributed by atoms with Gasteiger partial charge in [0.25, 0.3) is 0 Å². The summed E-state index contributed by atoms with van der Waals surface area (Å²) in [5.41, 5.74) is 9.50. The van der Waals surface area contributed by atoms with Crippen LogP contribution in [-0.4, -0.2) is 24.6 Å². The highest BCUT2D eigenvalue weighted by Crippen LogP contribution is 2.41. The van der Waals surface area contributed by atoms with Crippen LogP contribution in [0.2, 0.25) is 0 Å². The minimum absolute atomic E-state index is 0.126. The zero-order valence-corrected chi connectivity index (χ0v) is 21.7. The number of carbonyl (C=O) groups excluding carboxylic acids is 1. The molecule has 0 spiro atoms. The summed E-state index contributed by atoms with van der Waals surface area (Å²) < 4.78 is 25.9. The van der Waals surface area contributed by atoms with Crippen molar-refractivity contribution >= 4 is 38.0 Å². The second kappa shape index (κ2) is 9.76. The summed E-state index contributed by atoms with van der Waals surface area (Å²) in [6, 6.07) is 22.1. The Morgan fingerprint density at radius 3 is 2.58 bits per heavy atom. The number of hydrogen-bond acceptors (Lipinski definition) is 6. The minimum atomic E-state index is -3.38. The molecule has 6 rings (SSSR count). The first-order valence-corrected chi connectivity index (χ1v) is 14.5. The number of aromatic nitrogens is 1. The minimum Gasteiger partial charge on any atom is -0.383 e. The van der Waals surface area contributed by atoms with E-state index in [1.807, 2.05) is 36.4 Å². The van der Waals surface area contributed by atoms with Crippen molar-refractivity contribution < 1.29 is 13.2 Å². The van der Waals surface area contributed by atoms with E-state index in [2.05, 4.69) is 27.8 Å². The predicted molar refractivity (Wildman–Crippen MR) is 149 cm³/mol. The number of nitrogens with two attached hydrogens (primary N) is 1. The lowest BCUT2D eigenvalue weighted by Crippen LogP contribution is -2.33. The predicted octanol–water partition coefficient (Wildman–Crippen LogP) is 5.10. The van der Waals surface area contributed by atoms with Gasteiger partial charge in [-0.15, -0.1) is 0 Å². The van der Waals surface area contributed by atoms with E-state index in [1.54, 1.807) is 30.5 Å². The van der Waals surface area contributed by atoms with Crippen molar-refractivity contribution in [1.82, 2.24) is 10.3 Å². The van der Waals surface area contributed by atoms with E-state index in [1.165, 1.54) is 18.4 Å². The van der Waals surface area contributed by atoms with E-state index in [0.717, 1.165) is 22.0 Å². The van der Waals surface area contributed by atoms with Gasteiger partial charge in [-0.3, -0.25) is 4.79 Å². The molecule has 0 radical (unpaired) electrons. The van der Waals surface area contributed by atoms with Crippen LogP contribution >= 0.6 is 0 Å². The number of nitrogens with one attached hydrogen (secondary N) is 2. The van der Waals surface area contributed by atoms with E-state index in [9.17, 15) is 13.2 Å². The van der Waals surface area contributed by atoms with Gasteiger partial charge in [-0.2, -0.15) is 0 Å². The zero-order valence-electron chi connectivity index (χ0n) is 20.9. The van der Waals surface area contributed by atoms with Gasteiger partial charge >= 0.3 is 0 Å². The first-order chi connectivity index (χ1) is 18.4. The molecule has 1 aromatic heterocycles. The normalized spacial score (nSPS) is 16.2. The maximum Gasteiger partial charge on any atom is 0.247 e. The Morgan fingerprint density at radius 1 is 0.974 bits per heavy atom. The van der Waals surface area contributed by atoms with Gasteiger partial charge < -0.3 is 16.4 Å². The van der Waals surface area contributed by atoms with Crippen LogP contribution in [0.25, 0.3) is 10.8 Å². The number of benzene rings is 3. The Bertz CT molecular complexity index is 1630. The first-order valence-electron chi connectivity index (χ1n) is 13.0. The van der Waals surface area contributed by atoms with Crippen molar-refractivity contribution in [2.75, 3.05) is 11.1 Å². The Morgan fingerprint density at radius 2 is 1.79 bits per heavy atom. The third-order valence-corrected chi connectivity index (χ3v) is 9.72. The summed E-state index contributed by atoms with van der Waals surface area (Å²) >= 11 is 0. The number of sulfone groups is 1. The van der Waals surface area contributed by atoms with E-state index in [4.69, 9.17) is 5.73 Å². The van der Waals surface area contributed by atoms with E-state index >= 15 is 0 Å². The smallest absolute Gasteiger partial charge is 0.247 e. The molecule has 2 fully saturated rings. The van der Waals surface area contributed by atoms with Gasteiger partial charge in [0.05, 0.1) is 10.1 Å². The third-order valence-electron chi connectivity index (χ3n) is 7.36. The molecular weight excluding hydrogens is 496 g/mol. The molecule has 194 valence electrons. The molecule has 2 aliphatic carbocycles. The molecule has 8 heteroatoms. The van der Waals surface area contributed by atoms with Crippen molar-refractivity contribution in [1.29, 1.82) is 0 Å². The molecule has 1 atom stereocenters. The SMILES string of the molecule is Nc1nccc2cc(NC(C(=O)NCc3ccccc3S(=O)(=O)C3CC3)c3cccc(C4CC4)c3)ccc12. The van der Waals surface area contributed by atoms with Crippen molar-refractivity contribution in [2.24, 2.45) is 0 Å². The number of hydrogen-bond donors (Lipinski definition) is 3. The number of carbonyl (C=O) groups is 1. The lowest BCUT2D eigenvalue weighted by molar-refractivity contribution is -0.122. The summed E-state index contributed by atoms with van der Waals surface area (Å²) in [6.07, 6.45) is 5.39. The Kier molecular flexibility index (Phi) is 6.27. The van der Waals surface area contributed by atoms with Crippen molar-refractivity contribution in [3.05, 3.63) is 95.7 Å². The van der Waals surface area contributed by atoms with Gasteiger partial charge in [-0.05, 0) is 84.0 Å². The third kappa shape index (κ3) is 4.96. The lowest BCUT2D eigenvalue weighted by Gasteiger charge is -2.21. The molecule has 4 N–H and O–H groups in total. The van der Waals surface area contributed by atoms with E-state index < -0.39 is 15.9 Å². The fraction of sp³-hybridized carbons (Fsp3) is 0.267. The van der Waals surface area contributed by atoms with Gasteiger partial charge in [0, 0.05) is 23.8 Å². The van der Waals surface area contributed by atoms with Gasteiger partial charge in [0.15, 0.2) is 9.84 Å². The fourth-order valence-electron chi connectivity index (χ4n) is 4.94. The maximum atomic E-state index is 13.7. The highest BCUT2D eigenvalue weighted by molar-refractivity contribution is 7.92. The first kappa shape index (κ1) is 24.4. The summed E-state index contributed by atoms with van der Waals surface area (Å²) in [5.74, 6) is 0.778. The number of fused-ring (bicyclic) bond motifs is 1. The van der Waals surface area contributed by atoms with Crippen LogP contribution in [0, 0.1) is 0 Å². The lowest BCUT2D eigenvalue weighted by atomic mass is 10.00. The molecule has 1 amide bonds. The summed E-state index contributed by atoms with van der Waals surface area (Å²) in [6.45, 7) is 0.126. The topological polar surface area (TPSA) is 114 Å². The van der Waals surface area contributed by atoms with Crippen LogP contribution in [0.15, 0.2) is 83.9 Å². The summed E-state index contributed by atoms with van der Waals surface area (Å²) in [7, 11) is -3.38. The van der Waals surface area contributed by atoms with Crippen LogP contribution in [0.5, 0.6) is 0 Å². The van der Waals surface area contributed by atoms with Gasteiger partial charge in [-0.1, -0.05) is 42.5 Å². The average Bonchev–Trinajstić information content (AvgIpc) is 3.83. The highest BCUT2D eigenvalue weighted by atomic mass is 32.2. The van der Waals surface area contributed by atoms with Gasteiger partial charge in [0.1, 0.15) is 11.9 Å². The molecule has 1 unspecified atom stereocenters. The number of nitrogen functional groups attached to an aromatic ring is 1. The Labute approximate surface area is 222 Å². The van der Waals surface area contributed by atoms with Crippen LogP contribution in [-0.2, 0) is 21.2 Å². The number of amides is 1. The highest BCUT2D eigenvalue weighted by Gasteiger charge is 2.38. The van der Waals surface area contributed by atoms with Gasteiger partial charge in [-0.25, -0.2) is 13.4 Å². The molecule has 0 saturated heterocycles. The summed E-state index contributed by atoms with van der Waals surface area (Å²) in [5, 5.41) is 7.88. The molecule has 1 heterocycles.